The number of carbonyl (C=O) groups is 1. The minimum Gasteiger partial charge on any atom is -0.504 e. The van der Waals surface area contributed by atoms with Gasteiger partial charge >= 0.3 is 5.97 Å². The first-order valence-electron chi connectivity index (χ1n) is 11.6. The molecule has 0 spiro atoms. The van der Waals surface area contributed by atoms with Crippen molar-refractivity contribution in [3.8, 4) is 17.2 Å². The number of piperidine rings is 1. The molecule has 2 aliphatic heterocycles. The fourth-order valence-electron chi connectivity index (χ4n) is 5.19. The van der Waals surface area contributed by atoms with Gasteiger partial charge in [-0.3, -0.25) is 9.69 Å². The Kier molecular flexibility index (Phi) is 7.45. The van der Waals surface area contributed by atoms with Crippen LogP contribution in [-0.4, -0.2) is 55.4 Å². The number of phenols is 1. The second-order valence-corrected chi connectivity index (χ2v) is 9.85. The smallest absolute Gasteiger partial charge is 0.323 e. The van der Waals surface area contributed by atoms with E-state index in [1.165, 1.54) is 14.2 Å². The van der Waals surface area contributed by atoms with Gasteiger partial charge in [-0.1, -0.05) is 27.7 Å². The summed E-state index contributed by atoms with van der Waals surface area (Å²) >= 11 is 0. The van der Waals surface area contributed by atoms with Crippen LogP contribution in [-0.2, 0) is 16.0 Å². The molecule has 0 amide bonds. The van der Waals surface area contributed by atoms with Gasteiger partial charge in [0.1, 0.15) is 12.1 Å². The number of nitrogens with two attached hydrogens (primary N) is 2. The van der Waals surface area contributed by atoms with Gasteiger partial charge in [-0.05, 0) is 24.7 Å². The van der Waals surface area contributed by atoms with Crippen molar-refractivity contribution < 1.29 is 24.1 Å². The zero-order chi connectivity index (χ0) is 23.7. The monoisotopic (exact) mass is 449 g/mol. The Morgan fingerprint density at radius 1 is 1.19 bits per heavy atom. The number of nitrogens with zero attached hydrogens (tertiary/aromatic N) is 1. The van der Waals surface area contributed by atoms with Gasteiger partial charge in [-0.25, -0.2) is 0 Å². The summed E-state index contributed by atoms with van der Waals surface area (Å²) in [6.45, 7) is 9.79. The summed E-state index contributed by atoms with van der Waals surface area (Å²) in [4.78, 5) is 15.1. The van der Waals surface area contributed by atoms with E-state index in [9.17, 15) is 9.90 Å². The number of ether oxygens (including phenoxy) is 3. The van der Waals surface area contributed by atoms with Crippen molar-refractivity contribution in [3.63, 3.8) is 0 Å². The highest BCUT2D eigenvalue weighted by Crippen LogP contribution is 2.53. The van der Waals surface area contributed by atoms with Crippen molar-refractivity contribution >= 4 is 11.7 Å². The average Bonchev–Trinajstić information content (AvgIpc) is 2.74. The van der Waals surface area contributed by atoms with E-state index in [0.717, 1.165) is 30.6 Å². The van der Waals surface area contributed by atoms with Crippen LogP contribution in [0.4, 0.5) is 5.69 Å². The molecule has 8 heteroatoms. The summed E-state index contributed by atoms with van der Waals surface area (Å²) in [5, 5.41) is 10.9. The lowest BCUT2D eigenvalue weighted by Gasteiger charge is -2.47. The Morgan fingerprint density at radius 2 is 1.84 bits per heavy atom. The van der Waals surface area contributed by atoms with E-state index in [0.29, 0.717) is 30.2 Å². The molecule has 2 aliphatic rings. The van der Waals surface area contributed by atoms with Gasteiger partial charge in [-0.2, -0.15) is 0 Å². The SMILES string of the molecule is COc1c(N)c2c(c(O)c1OC)CCN1CC(CC(C)C)C(OC(=O)C(N)C(C)C)CC21. The quantitative estimate of drug-likeness (QED) is 0.330. The lowest BCUT2D eigenvalue weighted by atomic mass is 9.78. The van der Waals surface area contributed by atoms with Gasteiger partial charge in [-0.15, -0.1) is 0 Å². The first-order chi connectivity index (χ1) is 15.1. The second kappa shape index (κ2) is 9.75. The number of nitrogen functional groups attached to an aromatic ring is 1. The molecule has 8 nitrogen and oxygen atoms in total. The highest BCUT2D eigenvalue weighted by molar-refractivity contribution is 5.76. The number of benzene rings is 1. The van der Waals surface area contributed by atoms with E-state index in [-0.39, 0.29) is 41.4 Å². The van der Waals surface area contributed by atoms with E-state index in [2.05, 4.69) is 18.7 Å². The molecule has 180 valence electrons. The summed E-state index contributed by atoms with van der Waals surface area (Å²) in [5.41, 5.74) is 14.7. The van der Waals surface area contributed by atoms with E-state index in [1.807, 2.05) is 13.8 Å². The van der Waals surface area contributed by atoms with Crippen molar-refractivity contribution in [1.82, 2.24) is 4.90 Å². The number of esters is 1. The summed E-state index contributed by atoms with van der Waals surface area (Å²) < 4.78 is 16.9. The van der Waals surface area contributed by atoms with Crippen LogP contribution >= 0.6 is 0 Å². The highest BCUT2D eigenvalue weighted by atomic mass is 16.5. The topological polar surface area (TPSA) is 120 Å². The number of anilines is 1. The van der Waals surface area contributed by atoms with Crippen LogP contribution in [0.15, 0.2) is 0 Å². The molecule has 0 radical (unpaired) electrons. The molecule has 0 aromatic heterocycles. The van der Waals surface area contributed by atoms with Crippen LogP contribution in [0.5, 0.6) is 17.2 Å². The zero-order valence-electron chi connectivity index (χ0n) is 20.2. The summed E-state index contributed by atoms with van der Waals surface area (Å²) in [5.74, 6) is 1.02. The molecule has 2 heterocycles. The highest BCUT2D eigenvalue weighted by Gasteiger charge is 2.44. The number of carbonyl (C=O) groups excluding carboxylic acids is 1. The summed E-state index contributed by atoms with van der Waals surface area (Å²) in [7, 11) is 3.00. The predicted octanol–water partition coefficient (Wildman–Crippen LogP) is 2.85. The maximum atomic E-state index is 12.7. The van der Waals surface area contributed by atoms with Gasteiger partial charge in [0, 0.05) is 42.6 Å². The third-order valence-electron chi connectivity index (χ3n) is 6.88. The Morgan fingerprint density at radius 3 is 2.41 bits per heavy atom. The maximum absolute atomic E-state index is 12.7. The van der Waals surface area contributed by atoms with Gasteiger partial charge in [0.25, 0.3) is 0 Å². The van der Waals surface area contributed by atoms with Crippen LogP contribution in [0.25, 0.3) is 0 Å². The minimum atomic E-state index is -0.648. The molecule has 0 aliphatic carbocycles. The van der Waals surface area contributed by atoms with Gasteiger partial charge < -0.3 is 30.8 Å². The lowest BCUT2D eigenvalue weighted by molar-refractivity contribution is -0.160. The van der Waals surface area contributed by atoms with Crippen LogP contribution in [0.3, 0.4) is 0 Å². The molecule has 1 aromatic carbocycles. The van der Waals surface area contributed by atoms with Crippen molar-refractivity contribution in [2.24, 2.45) is 23.5 Å². The molecule has 1 fully saturated rings. The van der Waals surface area contributed by atoms with E-state index < -0.39 is 6.04 Å². The number of methoxy groups -OCH3 is 2. The molecule has 0 saturated carbocycles. The minimum absolute atomic E-state index is 0.00543. The molecule has 3 rings (SSSR count). The fourth-order valence-corrected chi connectivity index (χ4v) is 5.19. The van der Waals surface area contributed by atoms with Gasteiger partial charge in [0.15, 0.2) is 11.5 Å². The normalized spacial score (nSPS) is 24.1. The van der Waals surface area contributed by atoms with Gasteiger partial charge in [0.05, 0.1) is 19.9 Å². The number of hydrogen-bond acceptors (Lipinski definition) is 8. The molecular weight excluding hydrogens is 410 g/mol. The van der Waals surface area contributed by atoms with Crippen molar-refractivity contribution in [1.29, 1.82) is 0 Å². The third-order valence-corrected chi connectivity index (χ3v) is 6.88. The second-order valence-electron chi connectivity index (χ2n) is 9.85. The van der Waals surface area contributed by atoms with E-state index in [4.69, 9.17) is 25.7 Å². The summed E-state index contributed by atoms with van der Waals surface area (Å²) in [6, 6.07) is -0.731. The molecule has 1 saturated heterocycles. The first-order valence-corrected chi connectivity index (χ1v) is 11.6. The predicted molar refractivity (Wildman–Crippen MR) is 124 cm³/mol. The van der Waals surface area contributed by atoms with Crippen molar-refractivity contribution in [2.75, 3.05) is 33.0 Å². The number of phenolic OH excluding ortho intramolecular Hbond substituents is 1. The van der Waals surface area contributed by atoms with Crippen LogP contribution < -0.4 is 20.9 Å². The molecule has 5 N–H and O–H groups in total. The third kappa shape index (κ3) is 4.48. The Bertz CT molecular complexity index is 842. The molecule has 0 bridgehead atoms. The summed E-state index contributed by atoms with van der Waals surface area (Å²) in [6.07, 6.45) is 1.95. The Labute approximate surface area is 191 Å². The number of hydrogen-bond donors (Lipinski definition) is 3. The first kappa shape index (κ1) is 24.5. The molecule has 1 aromatic rings. The molecular formula is C24H39N3O5. The van der Waals surface area contributed by atoms with Crippen LogP contribution in [0.1, 0.15) is 57.7 Å². The van der Waals surface area contributed by atoms with Gasteiger partial charge in [0.2, 0.25) is 5.75 Å². The van der Waals surface area contributed by atoms with Crippen LogP contribution in [0.2, 0.25) is 0 Å². The van der Waals surface area contributed by atoms with Crippen LogP contribution in [0, 0.1) is 17.8 Å². The lowest BCUT2D eigenvalue weighted by Crippen LogP contribution is -2.51. The number of aromatic hydroxyl groups is 1. The Balaban J connectivity index is 1.99. The molecule has 4 atom stereocenters. The van der Waals surface area contributed by atoms with Crippen molar-refractivity contribution in [2.45, 2.75) is 65.1 Å². The van der Waals surface area contributed by atoms with E-state index >= 15 is 0 Å². The molecule has 32 heavy (non-hydrogen) atoms. The largest absolute Gasteiger partial charge is 0.504 e. The molecule has 4 unspecified atom stereocenters. The standard InChI is InChI=1S/C24H39N3O5/c1-12(2)9-14-11-27-8-7-15-18(20(26)22(30-5)23(31-6)21(15)28)16(27)10-17(14)32-24(29)19(25)13(3)4/h12-14,16-17,19,28H,7-11,25-26H2,1-6H3. The Hall–Kier alpha value is -2.19. The zero-order valence-corrected chi connectivity index (χ0v) is 20.2. The van der Waals surface area contributed by atoms with E-state index in [1.54, 1.807) is 0 Å². The number of fused-ring (bicyclic) bond motifs is 3. The van der Waals surface area contributed by atoms with Crippen molar-refractivity contribution in [3.05, 3.63) is 11.1 Å². The number of rotatable bonds is 7. The average molecular weight is 450 g/mol. The fraction of sp³-hybridized carbons (Fsp3) is 0.708. The maximum Gasteiger partial charge on any atom is 0.323 e.